The van der Waals surface area contributed by atoms with Gasteiger partial charge in [-0.25, -0.2) is 0 Å². The first-order valence-corrected chi connectivity index (χ1v) is 6.25. The molecule has 0 unspecified atom stereocenters. The molecule has 0 amide bonds. The molecule has 0 atom stereocenters. The van der Waals surface area contributed by atoms with Gasteiger partial charge in [-0.1, -0.05) is 49.0 Å². The molecule has 0 radical (unpaired) electrons. The number of nitriles is 1. The zero-order chi connectivity index (χ0) is 14.4. The van der Waals surface area contributed by atoms with Crippen LogP contribution in [0.5, 0.6) is 5.75 Å². The van der Waals surface area contributed by atoms with E-state index in [1.165, 1.54) is 0 Å². The van der Waals surface area contributed by atoms with E-state index in [1.807, 2.05) is 60.7 Å². The van der Waals surface area contributed by atoms with Gasteiger partial charge in [0.25, 0.3) is 0 Å². The molecule has 0 fully saturated rings. The third-order valence-electron chi connectivity index (χ3n) is 2.99. The summed E-state index contributed by atoms with van der Waals surface area (Å²) in [6, 6.07) is 19.5. The molecule has 0 aliphatic rings. The number of allylic oxidation sites excluding steroid dienone is 2. The van der Waals surface area contributed by atoms with Crippen molar-refractivity contribution in [2.75, 3.05) is 7.11 Å². The molecule has 0 saturated carbocycles. The molecule has 0 bridgehead atoms. The van der Waals surface area contributed by atoms with Gasteiger partial charge in [-0.15, -0.1) is 0 Å². The highest BCUT2D eigenvalue weighted by atomic mass is 16.5. The SMILES string of the molecule is C=C(/C(C#N)=C/c1ccccc1)c1ccc(OC)cc1. The second kappa shape index (κ2) is 6.40. The average Bonchev–Trinajstić information content (AvgIpc) is 2.53. The van der Waals surface area contributed by atoms with Crippen LogP contribution in [0.1, 0.15) is 11.1 Å². The monoisotopic (exact) mass is 261 g/mol. The molecule has 0 saturated heterocycles. The van der Waals surface area contributed by atoms with Crippen LogP contribution in [0.2, 0.25) is 0 Å². The van der Waals surface area contributed by atoms with Crippen molar-refractivity contribution < 1.29 is 4.74 Å². The summed E-state index contributed by atoms with van der Waals surface area (Å²) in [7, 11) is 1.62. The molecule has 0 aliphatic heterocycles. The fraction of sp³-hybridized carbons (Fsp3) is 0.0556. The fourth-order valence-corrected chi connectivity index (χ4v) is 1.85. The van der Waals surface area contributed by atoms with E-state index in [9.17, 15) is 5.26 Å². The minimum atomic E-state index is 0.557. The molecular weight excluding hydrogens is 246 g/mol. The van der Waals surface area contributed by atoms with E-state index in [2.05, 4.69) is 12.6 Å². The van der Waals surface area contributed by atoms with Gasteiger partial charge < -0.3 is 4.74 Å². The van der Waals surface area contributed by atoms with Gasteiger partial charge in [0.2, 0.25) is 0 Å². The van der Waals surface area contributed by atoms with Crippen LogP contribution in [0.25, 0.3) is 11.6 Å². The standard InChI is InChI=1S/C18H15NO/c1-14(16-8-10-18(20-2)11-9-16)17(13-19)12-15-6-4-3-5-7-15/h3-12H,1H2,2H3/b17-12+. The lowest BCUT2D eigenvalue weighted by molar-refractivity contribution is 0.415. The van der Waals surface area contributed by atoms with E-state index in [0.29, 0.717) is 11.1 Å². The van der Waals surface area contributed by atoms with Crippen molar-refractivity contribution in [1.29, 1.82) is 5.26 Å². The molecule has 0 N–H and O–H groups in total. The summed E-state index contributed by atoms with van der Waals surface area (Å²) >= 11 is 0. The zero-order valence-electron chi connectivity index (χ0n) is 11.3. The van der Waals surface area contributed by atoms with Crippen molar-refractivity contribution >= 4 is 11.6 Å². The summed E-state index contributed by atoms with van der Waals surface area (Å²) in [5.41, 5.74) is 3.16. The van der Waals surface area contributed by atoms with Gasteiger partial charge in [0, 0.05) is 0 Å². The van der Waals surface area contributed by atoms with Crippen molar-refractivity contribution in [3.05, 3.63) is 77.9 Å². The molecule has 20 heavy (non-hydrogen) atoms. The maximum absolute atomic E-state index is 9.32. The van der Waals surface area contributed by atoms with Gasteiger partial charge in [-0.2, -0.15) is 5.26 Å². The summed E-state index contributed by atoms with van der Waals surface area (Å²) in [5, 5.41) is 9.32. The van der Waals surface area contributed by atoms with E-state index in [4.69, 9.17) is 4.74 Å². The Morgan fingerprint density at radius 2 is 1.75 bits per heavy atom. The van der Waals surface area contributed by atoms with Crippen molar-refractivity contribution in [3.63, 3.8) is 0 Å². The van der Waals surface area contributed by atoms with Crippen molar-refractivity contribution in [2.45, 2.75) is 0 Å². The number of methoxy groups -OCH3 is 1. The number of hydrogen-bond acceptors (Lipinski definition) is 2. The highest BCUT2D eigenvalue weighted by Crippen LogP contribution is 2.24. The second-order valence-electron chi connectivity index (χ2n) is 4.29. The maximum atomic E-state index is 9.32. The first-order chi connectivity index (χ1) is 9.74. The maximum Gasteiger partial charge on any atom is 0.118 e. The third-order valence-corrected chi connectivity index (χ3v) is 2.99. The Balaban J connectivity index is 2.30. The number of hydrogen-bond donors (Lipinski definition) is 0. The minimum Gasteiger partial charge on any atom is -0.497 e. The Labute approximate surface area is 119 Å². The van der Waals surface area contributed by atoms with Gasteiger partial charge in [-0.05, 0) is 34.9 Å². The molecule has 0 spiro atoms. The smallest absolute Gasteiger partial charge is 0.118 e. The first-order valence-electron chi connectivity index (χ1n) is 6.25. The van der Waals surface area contributed by atoms with Gasteiger partial charge in [-0.3, -0.25) is 0 Å². The average molecular weight is 261 g/mol. The van der Waals surface area contributed by atoms with E-state index in [-0.39, 0.29) is 0 Å². The number of nitrogens with zero attached hydrogens (tertiary/aromatic N) is 1. The molecule has 2 aromatic carbocycles. The van der Waals surface area contributed by atoms with Crippen LogP contribution in [-0.4, -0.2) is 7.11 Å². The lowest BCUT2D eigenvalue weighted by atomic mass is 9.98. The summed E-state index contributed by atoms with van der Waals surface area (Å²) < 4.78 is 5.12. The predicted molar refractivity (Wildman–Crippen MR) is 82.1 cm³/mol. The van der Waals surface area contributed by atoms with E-state index in [1.54, 1.807) is 7.11 Å². The molecule has 0 aromatic heterocycles. The molecule has 98 valence electrons. The fourth-order valence-electron chi connectivity index (χ4n) is 1.85. The third kappa shape index (κ3) is 3.15. The highest BCUT2D eigenvalue weighted by Gasteiger charge is 2.05. The normalized spacial score (nSPS) is 10.7. The number of ether oxygens (including phenoxy) is 1. The Bertz CT molecular complexity index is 661. The van der Waals surface area contributed by atoms with Gasteiger partial charge >= 0.3 is 0 Å². The summed E-state index contributed by atoms with van der Waals surface area (Å²) in [4.78, 5) is 0. The quantitative estimate of drug-likeness (QED) is 0.606. The molecule has 2 heteroatoms. The molecule has 0 heterocycles. The van der Waals surface area contributed by atoms with Gasteiger partial charge in [0.15, 0.2) is 0 Å². The molecule has 2 nitrogen and oxygen atoms in total. The lowest BCUT2D eigenvalue weighted by Crippen LogP contribution is -1.88. The number of rotatable bonds is 4. The summed E-state index contributed by atoms with van der Waals surface area (Å²) in [5.74, 6) is 0.784. The van der Waals surface area contributed by atoms with Crippen LogP contribution in [0, 0.1) is 11.3 Å². The Morgan fingerprint density at radius 1 is 1.10 bits per heavy atom. The van der Waals surface area contributed by atoms with Gasteiger partial charge in [0.05, 0.1) is 18.8 Å². The van der Waals surface area contributed by atoms with Crippen molar-refractivity contribution in [3.8, 4) is 11.8 Å². The van der Waals surface area contributed by atoms with E-state index in [0.717, 1.165) is 16.9 Å². The van der Waals surface area contributed by atoms with Crippen molar-refractivity contribution in [2.24, 2.45) is 0 Å². The van der Waals surface area contributed by atoms with E-state index >= 15 is 0 Å². The number of benzene rings is 2. The minimum absolute atomic E-state index is 0.557. The zero-order valence-corrected chi connectivity index (χ0v) is 11.3. The summed E-state index contributed by atoms with van der Waals surface area (Å²) in [6.07, 6.45) is 1.84. The van der Waals surface area contributed by atoms with Crippen LogP contribution in [0.3, 0.4) is 0 Å². The van der Waals surface area contributed by atoms with Crippen molar-refractivity contribution in [1.82, 2.24) is 0 Å². The lowest BCUT2D eigenvalue weighted by Gasteiger charge is -2.06. The molecule has 2 aromatic rings. The van der Waals surface area contributed by atoms with Crippen LogP contribution >= 0.6 is 0 Å². The highest BCUT2D eigenvalue weighted by molar-refractivity contribution is 5.87. The Kier molecular flexibility index (Phi) is 4.36. The van der Waals surface area contributed by atoms with Crippen LogP contribution in [-0.2, 0) is 0 Å². The van der Waals surface area contributed by atoms with Crippen LogP contribution in [0.15, 0.2) is 66.7 Å². The predicted octanol–water partition coefficient (Wildman–Crippen LogP) is 4.32. The Morgan fingerprint density at radius 3 is 2.30 bits per heavy atom. The molecule has 2 rings (SSSR count). The topological polar surface area (TPSA) is 33.0 Å². The first kappa shape index (κ1) is 13.6. The van der Waals surface area contributed by atoms with Crippen LogP contribution < -0.4 is 4.74 Å². The Hall–Kier alpha value is -2.79. The summed E-state index contributed by atoms with van der Waals surface area (Å²) in [6.45, 7) is 4.02. The van der Waals surface area contributed by atoms with E-state index < -0.39 is 0 Å². The second-order valence-corrected chi connectivity index (χ2v) is 4.29. The molecule has 0 aliphatic carbocycles. The van der Waals surface area contributed by atoms with Gasteiger partial charge in [0.1, 0.15) is 5.75 Å². The molecular formula is C18H15NO. The largest absolute Gasteiger partial charge is 0.497 e. The van der Waals surface area contributed by atoms with Crippen LogP contribution in [0.4, 0.5) is 0 Å².